The van der Waals surface area contributed by atoms with Crippen LogP contribution < -0.4 is 21.7 Å². The zero-order valence-electron chi connectivity index (χ0n) is 15.9. The Morgan fingerprint density at radius 3 is 2.50 bits per heavy atom. The van der Waals surface area contributed by atoms with Crippen LogP contribution >= 0.6 is 12.4 Å². The third-order valence-electron chi connectivity index (χ3n) is 4.41. The molecule has 1 heterocycles. The molecule has 1 aromatic rings. The number of rotatable bonds is 6. The highest BCUT2D eigenvalue weighted by molar-refractivity contribution is 5.90. The van der Waals surface area contributed by atoms with Crippen molar-refractivity contribution >= 4 is 35.9 Å². The first-order valence-corrected chi connectivity index (χ1v) is 8.90. The van der Waals surface area contributed by atoms with Crippen molar-refractivity contribution in [3.8, 4) is 0 Å². The number of nitrogens with zero attached hydrogens (tertiary/aromatic N) is 1. The Balaban J connectivity index is 0.00000392. The van der Waals surface area contributed by atoms with Gasteiger partial charge in [-0.15, -0.1) is 12.4 Å². The second-order valence-corrected chi connectivity index (χ2v) is 6.92. The van der Waals surface area contributed by atoms with E-state index in [4.69, 9.17) is 5.73 Å². The van der Waals surface area contributed by atoms with Crippen LogP contribution in [0.3, 0.4) is 0 Å². The van der Waals surface area contributed by atoms with Gasteiger partial charge in [0.25, 0.3) is 0 Å². The largest absolute Gasteiger partial charge is 0.346 e. The van der Waals surface area contributed by atoms with Crippen LogP contribution in [0, 0.1) is 11.7 Å². The molecule has 0 bridgehead atoms. The summed E-state index contributed by atoms with van der Waals surface area (Å²) in [5.41, 5.74) is 6.21. The zero-order chi connectivity index (χ0) is 20.0. The summed E-state index contributed by atoms with van der Waals surface area (Å²) in [6.45, 7) is 4.40. The first kappa shape index (κ1) is 23.6. The average molecular weight is 416 g/mol. The number of urea groups is 1. The molecule has 2 rings (SSSR count). The lowest BCUT2D eigenvalue weighted by Gasteiger charge is -2.19. The van der Waals surface area contributed by atoms with Crippen molar-refractivity contribution < 1.29 is 18.8 Å². The van der Waals surface area contributed by atoms with Gasteiger partial charge in [-0.1, -0.05) is 13.8 Å². The number of amides is 4. The lowest BCUT2D eigenvalue weighted by atomic mass is 10.1. The fourth-order valence-corrected chi connectivity index (χ4v) is 2.69. The molecule has 0 spiro atoms. The Morgan fingerprint density at radius 1 is 1.25 bits per heavy atom. The molecule has 4 amide bonds. The van der Waals surface area contributed by atoms with Crippen LogP contribution in [0.4, 0.5) is 14.9 Å². The number of carbonyl (C=O) groups is 3. The molecule has 1 fully saturated rings. The molecule has 1 aliphatic rings. The minimum Gasteiger partial charge on any atom is -0.346 e. The molecular formula is C18H27ClFN5O3. The summed E-state index contributed by atoms with van der Waals surface area (Å²) in [6, 6.07) is 4.17. The molecule has 1 aliphatic heterocycles. The zero-order valence-corrected chi connectivity index (χ0v) is 16.7. The molecule has 2 atom stereocenters. The van der Waals surface area contributed by atoms with Gasteiger partial charge >= 0.3 is 6.03 Å². The predicted molar refractivity (Wildman–Crippen MR) is 107 cm³/mol. The van der Waals surface area contributed by atoms with E-state index >= 15 is 0 Å². The van der Waals surface area contributed by atoms with E-state index in [-0.39, 0.29) is 48.5 Å². The minimum absolute atomic E-state index is 0. The highest BCUT2D eigenvalue weighted by Crippen LogP contribution is 2.11. The molecule has 8 nitrogen and oxygen atoms in total. The molecule has 5 N–H and O–H groups in total. The predicted octanol–water partition coefficient (Wildman–Crippen LogP) is 1.07. The molecule has 156 valence electrons. The van der Waals surface area contributed by atoms with E-state index in [1.54, 1.807) is 4.90 Å². The van der Waals surface area contributed by atoms with Crippen molar-refractivity contribution in [1.82, 2.24) is 15.5 Å². The van der Waals surface area contributed by atoms with Gasteiger partial charge in [0.2, 0.25) is 11.8 Å². The van der Waals surface area contributed by atoms with E-state index in [2.05, 4.69) is 16.0 Å². The number of anilines is 1. The van der Waals surface area contributed by atoms with E-state index in [9.17, 15) is 18.8 Å². The summed E-state index contributed by atoms with van der Waals surface area (Å²) in [5, 5.41) is 7.94. The van der Waals surface area contributed by atoms with Crippen LogP contribution in [-0.4, -0.2) is 54.5 Å². The first-order valence-electron chi connectivity index (χ1n) is 8.90. The van der Waals surface area contributed by atoms with Crippen LogP contribution in [0.5, 0.6) is 0 Å². The number of nitrogens with two attached hydrogens (primary N) is 1. The number of benzene rings is 1. The lowest BCUT2D eigenvalue weighted by molar-refractivity contribution is -0.132. The first-order chi connectivity index (χ1) is 12.8. The number of likely N-dealkylation sites (tertiary alicyclic amines) is 1. The Kier molecular flexibility index (Phi) is 9.14. The van der Waals surface area contributed by atoms with Gasteiger partial charge in [0.05, 0.1) is 12.6 Å². The Labute approximate surface area is 169 Å². The molecule has 0 saturated carbocycles. The van der Waals surface area contributed by atoms with Crippen LogP contribution in [0.1, 0.15) is 20.3 Å². The fraction of sp³-hybridized carbons (Fsp3) is 0.500. The second kappa shape index (κ2) is 10.8. The van der Waals surface area contributed by atoms with Crippen molar-refractivity contribution in [2.45, 2.75) is 32.4 Å². The van der Waals surface area contributed by atoms with E-state index in [1.807, 2.05) is 13.8 Å². The molecular weight excluding hydrogens is 389 g/mol. The van der Waals surface area contributed by atoms with E-state index in [0.29, 0.717) is 25.2 Å². The molecule has 1 aromatic carbocycles. The highest BCUT2D eigenvalue weighted by Gasteiger charge is 2.28. The van der Waals surface area contributed by atoms with Gasteiger partial charge in [0.1, 0.15) is 5.82 Å². The summed E-state index contributed by atoms with van der Waals surface area (Å²) in [7, 11) is 0. The Hall–Kier alpha value is -2.39. The standard InChI is InChI=1S/C18H26FN5O3.ClH/c1-11(2)16(20)17(26)21-9-15(25)24-8-7-14(10-24)23-18(27)22-13-5-3-12(19)4-6-13;/h3-6,11,14,16H,7-10,20H2,1-2H3,(H,21,26)(H2,22,23,27);1H/t14?,16-;/m0./s1. The smallest absolute Gasteiger partial charge is 0.319 e. The monoisotopic (exact) mass is 415 g/mol. The molecule has 1 unspecified atom stereocenters. The number of nitrogens with one attached hydrogen (secondary N) is 3. The van der Waals surface area contributed by atoms with Crippen LogP contribution in [-0.2, 0) is 9.59 Å². The summed E-state index contributed by atoms with van der Waals surface area (Å²) >= 11 is 0. The summed E-state index contributed by atoms with van der Waals surface area (Å²) in [6.07, 6.45) is 0.613. The van der Waals surface area contributed by atoms with Crippen molar-refractivity contribution in [1.29, 1.82) is 0 Å². The van der Waals surface area contributed by atoms with E-state index < -0.39 is 12.1 Å². The van der Waals surface area contributed by atoms with Crippen molar-refractivity contribution in [3.63, 3.8) is 0 Å². The van der Waals surface area contributed by atoms with Gasteiger partial charge < -0.3 is 26.6 Å². The van der Waals surface area contributed by atoms with Gasteiger partial charge in [-0.2, -0.15) is 0 Å². The maximum atomic E-state index is 12.9. The molecule has 0 aliphatic carbocycles. The highest BCUT2D eigenvalue weighted by atomic mass is 35.5. The van der Waals surface area contributed by atoms with Crippen LogP contribution in [0.25, 0.3) is 0 Å². The second-order valence-electron chi connectivity index (χ2n) is 6.92. The van der Waals surface area contributed by atoms with Gasteiger partial charge in [0, 0.05) is 24.8 Å². The number of hydrogen-bond donors (Lipinski definition) is 4. The summed E-state index contributed by atoms with van der Waals surface area (Å²) in [4.78, 5) is 37.6. The van der Waals surface area contributed by atoms with Crippen LogP contribution in [0.15, 0.2) is 24.3 Å². The van der Waals surface area contributed by atoms with E-state index in [1.165, 1.54) is 24.3 Å². The summed E-state index contributed by atoms with van der Waals surface area (Å²) in [5.74, 6) is -0.971. The average Bonchev–Trinajstić information content (AvgIpc) is 3.09. The maximum Gasteiger partial charge on any atom is 0.319 e. The molecule has 28 heavy (non-hydrogen) atoms. The van der Waals surface area contributed by atoms with Crippen LogP contribution in [0.2, 0.25) is 0 Å². The number of halogens is 2. The third-order valence-corrected chi connectivity index (χ3v) is 4.41. The number of hydrogen-bond acceptors (Lipinski definition) is 4. The molecule has 0 aromatic heterocycles. The Morgan fingerprint density at radius 2 is 1.89 bits per heavy atom. The SMILES string of the molecule is CC(C)[C@H](N)C(=O)NCC(=O)N1CCC(NC(=O)Nc2ccc(F)cc2)C1.Cl. The topological polar surface area (TPSA) is 117 Å². The normalized spacial score (nSPS) is 16.9. The molecule has 0 radical (unpaired) electrons. The Bertz CT molecular complexity index is 686. The van der Waals surface area contributed by atoms with Gasteiger partial charge in [-0.05, 0) is 36.6 Å². The fourth-order valence-electron chi connectivity index (χ4n) is 2.69. The third kappa shape index (κ3) is 6.97. The van der Waals surface area contributed by atoms with Crippen molar-refractivity contribution in [2.75, 3.05) is 25.0 Å². The quantitative estimate of drug-likeness (QED) is 0.556. The van der Waals surface area contributed by atoms with E-state index in [0.717, 1.165) is 0 Å². The van der Waals surface area contributed by atoms with Gasteiger partial charge in [0.15, 0.2) is 0 Å². The summed E-state index contributed by atoms with van der Waals surface area (Å²) < 4.78 is 12.9. The molecule has 1 saturated heterocycles. The number of carbonyl (C=O) groups excluding carboxylic acids is 3. The lowest BCUT2D eigenvalue weighted by Crippen LogP contribution is -2.48. The minimum atomic E-state index is -0.652. The van der Waals surface area contributed by atoms with Gasteiger partial charge in [-0.3, -0.25) is 9.59 Å². The molecule has 10 heteroatoms. The van der Waals surface area contributed by atoms with Crippen molar-refractivity contribution in [3.05, 3.63) is 30.1 Å². The van der Waals surface area contributed by atoms with Crippen molar-refractivity contribution in [2.24, 2.45) is 11.7 Å². The van der Waals surface area contributed by atoms with Gasteiger partial charge in [-0.25, -0.2) is 9.18 Å². The maximum absolute atomic E-state index is 12.9.